The third-order valence-corrected chi connectivity index (χ3v) is 4.00. The fraction of sp³-hybridized carbons (Fsp3) is 0.857. The molecule has 2 N–H and O–H groups in total. The largest absolute Gasteiger partial charge is 0.481 e. The van der Waals surface area contributed by atoms with Crippen molar-refractivity contribution in [2.75, 3.05) is 0 Å². The molecule has 106 valence electrons. The predicted octanol–water partition coefficient (Wildman–Crippen LogP) is 3.55. The smallest absolute Gasteiger partial charge is 0.310 e. The molecule has 0 amide bonds. The Kier molecular flexibility index (Phi) is 7.64. The van der Waals surface area contributed by atoms with Crippen LogP contribution in [0.5, 0.6) is 0 Å². The summed E-state index contributed by atoms with van der Waals surface area (Å²) in [5.41, 5.74) is -1.11. The van der Waals surface area contributed by atoms with Gasteiger partial charge in [-0.2, -0.15) is 0 Å². The molecule has 0 aromatic heterocycles. The first-order valence-corrected chi connectivity index (χ1v) is 6.92. The maximum Gasteiger partial charge on any atom is 0.310 e. The summed E-state index contributed by atoms with van der Waals surface area (Å²) in [6, 6.07) is 0. The number of rotatable bonds is 10. The summed E-state index contributed by atoms with van der Waals surface area (Å²) < 4.78 is 0. The van der Waals surface area contributed by atoms with Crippen LogP contribution in [0, 0.1) is 11.3 Å². The van der Waals surface area contributed by atoms with Gasteiger partial charge in [-0.05, 0) is 19.3 Å². The summed E-state index contributed by atoms with van der Waals surface area (Å²) in [5.74, 6) is -2.73. The minimum atomic E-state index is -1.11. The van der Waals surface area contributed by atoms with Crippen LogP contribution in [0.25, 0.3) is 0 Å². The van der Waals surface area contributed by atoms with Crippen molar-refractivity contribution < 1.29 is 19.8 Å². The standard InChI is InChI=1S/C14H26O4/c1-4-7-8-9-10-11(12(15)16)14(5-2,6-3)13(17)18/h11H,4-10H2,1-3H3,(H,15,16)(H,17,18). The number of hydrogen-bond acceptors (Lipinski definition) is 2. The van der Waals surface area contributed by atoms with E-state index >= 15 is 0 Å². The Bertz CT molecular complexity index is 269. The van der Waals surface area contributed by atoms with Crippen LogP contribution < -0.4 is 0 Å². The van der Waals surface area contributed by atoms with Gasteiger partial charge in [-0.1, -0.05) is 46.5 Å². The van der Waals surface area contributed by atoms with Crippen molar-refractivity contribution >= 4 is 11.9 Å². The lowest BCUT2D eigenvalue weighted by Crippen LogP contribution is -2.41. The molecular formula is C14H26O4. The van der Waals surface area contributed by atoms with Gasteiger partial charge < -0.3 is 10.2 Å². The van der Waals surface area contributed by atoms with Gasteiger partial charge in [-0.25, -0.2) is 0 Å². The number of unbranched alkanes of at least 4 members (excludes halogenated alkanes) is 3. The van der Waals surface area contributed by atoms with Crippen molar-refractivity contribution in [2.24, 2.45) is 11.3 Å². The van der Waals surface area contributed by atoms with Crippen molar-refractivity contribution in [3.8, 4) is 0 Å². The molecule has 1 atom stereocenters. The zero-order valence-corrected chi connectivity index (χ0v) is 11.7. The summed E-state index contributed by atoms with van der Waals surface area (Å²) in [5, 5.41) is 18.7. The molecule has 0 fully saturated rings. The Morgan fingerprint density at radius 2 is 1.56 bits per heavy atom. The fourth-order valence-electron chi connectivity index (χ4n) is 2.61. The lowest BCUT2D eigenvalue weighted by atomic mass is 9.69. The summed E-state index contributed by atoms with van der Waals surface area (Å²) in [6.07, 6.45) is 5.12. The number of hydrogen-bond donors (Lipinski definition) is 2. The van der Waals surface area contributed by atoms with E-state index in [-0.39, 0.29) is 0 Å². The van der Waals surface area contributed by atoms with E-state index in [2.05, 4.69) is 6.92 Å². The van der Waals surface area contributed by atoms with E-state index in [1.165, 1.54) is 0 Å². The molecule has 0 aliphatic rings. The average molecular weight is 258 g/mol. The van der Waals surface area contributed by atoms with Gasteiger partial charge in [0.05, 0.1) is 11.3 Å². The molecule has 4 heteroatoms. The Morgan fingerprint density at radius 1 is 1.00 bits per heavy atom. The lowest BCUT2D eigenvalue weighted by molar-refractivity contribution is -0.164. The highest BCUT2D eigenvalue weighted by Gasteiger charge is 2.46. The average Bonchev–Trinajstić information content (AvgIpc) is 2.33. The van der Waals surface area contributed by atoms with Crippen LogP contribution in [0.2, 0.25) is 0 Å². The molecule has 0 spiro atoms. The Morgan fingerprint density at radius 3 is 1.89 bits per heavy atom. The number of carboxylic acids is 2. The van der Waals surface area contributed by atoms with Crippen LogP contribution in [0.3, 0.4) is 0 Å². The maximum absolute atomic E-state index is 11.5. The minimum Gasteiger partial charge on any atom is -0.481 e. The Balaban J connectivity index is 4.83. The SMILES string of the molecule is CCCCCCC(C(=O)O)C(CC)(CC)C(=O)O. The predicted molar refractivity (Wildman–Crippen MR) is 70.5 cm³/mol. The van der Waals surface area contributed by atoms with Gasteiger partial charge in [0.2, 0.25) is 0 Å². The molecule has 0 saturated carbocycles. The number of carboxylic acid groups (broad SMARTS) is 2. The third kappa shape index (κ3) is 4.00. The first kappa shape index (κ1) is 16.9. The number of aliphatic carboxylic acids is 2. The van der Waals surface area contributed by atoms with Gasteiger partial charge in [0, 0.05) is 0 Å². The van der Waals surface area contributed by atoms with Crippen LogP contribution in [0.15, 0.2) is 0 Å². The van der Waals surface area contributed by atoms with Gasteiger partial charge in [0.25, 0.3) is 0 Å². The summed E-state index contributed by atoms with van der Waals surface area (Å²) in [6.45, 7) is 5.62. The highest BCUT2D eigenvalue weighted by atomic mass is 16.4. The van der Waals surface area contributed by atoms with E-state index in [9.17, 15) is 19.8 Å². The van der Waals surface area contributed by atoms with E-state index in [4.69, 9.17) is 0 Å². The fourth-order valence-corrected chi connectivity index (χ4v) is 2.61. The quantitative estimate of drug-likeness (QED) is 0.588. The number of carbonyl (C=O) groups is 2. The minimum absolute atomic E-state index is 0.365. The van der Waals surface area contributed by atoms with Crippen molar-refractivity contribution in [3.63, 3.8) is 0 Å². The van der Waals surface area contributed by atoms with Crippen molar-refractivity contribution in [1.82, 2.24) is 0 Å². The van der Waals surface area contributed by atoms with Crippen LogP contribution >= 0.6 is 0 Å². The van der Waals surface area contributed by atoms with Crippen LogP contribution in [0.1, 0.15) is 65.7 Å². The van der Waals surface area contributed by atoms with Crippen molar-refractivity contribution in [1.29, 1.82) is 0 Å². The van der Waals surface area contributed by atoms with Gasteiger partial charge >= 0.3 is 11.9 Å². The molecule has 1 unspecified atom stereocenters. The van der Waals surface area contributed by atoms with Crippen molar-refractivity contribution in [3.05, 3.63) is 0 Å². The topological polar surface area (TPSA) is 74.6 Å². The zero-order valence-electron chi connectivity index (χ0n) is 11.7. The van der Waals surface area contributed by atoms with Gasteiger partial charge in [-0.3, -0.25) is 9.59 Å². The van der Waals surface area contributed by atoms with Gasteiger partial charge in [0.15, 0.2) is 0 Å². The third-order valence-electron chi connectivity index (χ3n) is 4.00. The second-order valence-corrected chi connectivity index (χ2v) is 4.91. The molecule has 4 nitrogen and oxygen atoms in total. The summed E-state index contributed by atoms with van der Waals surface area (Å²) in [4.78, 5) is 22.8. The maximum atomic E-state index is 11.5. The highest BCUT2D eigenvalue weighted by molar-refractivity contribution is 5.83. The summed E-state index contributed by atoms with van der Waals surface area (Å²) in [7, 11) is 0. The monoisotopic (exact) mass is 258 g/mol. The van der Waals surface area contributed by atoms with Gasteiger partial charge in [0.1, 0.15) is 0 Å². The first-order valence-electron chi connectivity index (χ1n) is 6.92. The van der Waals surface area contributed by atoms with Crippen LogP contribution in [-0.4, -0.2) is 22.2 Å². The molecule has 0 radical (unpaired) electrons. The molecular weight excluding hydrogens is 232 g/mol. The Hall–Kier alpha value is -1.06. The summed E-state index contributed by atoms with van der Waals surface area (Å²) >= 11 is 0. The first-order chi connectivity index (χ1) is 8.46. The molecule has 18 heavy (non-hydrogen) atoms. The molecule has 0 saturated heterocycles. The molecule has 0 heterocycles. The second kappa shape index (κ2) is 8.11. The van der Waals surface area contributed by atoms with E-state index in [1.54, 1.807) is 13.8 Å². The molecule has 0 rings (SSSR count). The molecule has 0 bridgehead atoms. The van der Waals surface area contributed by atoms with Crippen LogP contribution in [0.4, 0.5) is 0 Å². The second-order valence-electron chi connectivity index (χ2n) is 4.91. The van der Waals surface area contributed by atoms with Crippen molar-refractivity contribution in [2.45, 2.75) is 65.7 Å². The molecule has 0 aliphatic heterocycles. The van der Waals surface area contributed by atoms with E-state index in [0.29, 0.717) is 19.3 Å². The highest BCUT2D eigenvalue weighted by Crippen LogP contribution is 2.39. The van der Waals surface area contributed by atoms with E-state index in [0.717, 1.165) is 25.7 Å². The molecule has 0 aliphatic carbocycles. The Labute approximate surface area is 109 Å². The van der Waals surface area contributed by atoms with Gasteiger partial charge in [-0.15, -0.1) is 0 Å². The van der Waals surface area contributed by atoms with Crippen LogP contribution in [-0.2, 0) is 9.59 Å². The molecule has 0 aromatic carbocycles. The zero-order chi connectivity index (χ0) is 14.2. The normalized spacial score (nSPS) is 13.3. The lowest BCUT2D eigenvalue weighted by Gasteiger charge is -2.33. The van der Waals surface area contributed by atoms with E-state index in [1.807, 2.05) is 0 Å². The van der Waals surface area contributed by atoms with E-state index < -0.39 is 23.3 Å². The molecule has 0 aromatic rings.